The third-order valence-corrected chi connectivity index (χ3v) is 3.51. The van der Waals surface area contributed by atoms with Crippen LogP contribution in [0.5, 0.6) is 0 Å². The molecule has 1 aromatic carbocycles. The molecular formula is C15H24N2O4. The minimum Gasteiger partial charge on any atom is -0.396 e. The van der Waals surface area contributed by atoms with E-state index >= 15 is 0 Å². The summed E-state index contributed by atoms with van der Waals surface area (Å²) in [5.74, 6) is 0. The van der Waals surface area contributed by atoms with E-state index in [9.17, 15) is 15.2 Å². The maximum Gasteiger partial charge on any atom is 0.269 e. The third kappa shape index (κ3) is 5.41. The first-order chi connectivity index (χ1) is 9.75. The number of nitrogens with one attached hydrogen (secondary N) is 1. The van der Waals surface area contributed by atoms with Gasteiger partial charge in [-0.3, -0.25) is 10.1 Å². The first-order valence-electron chi connectivity index (χ1n) is 7.02. The fourth-order valence-corrected chi connectivity index (χ4v) is 2.16. The molecule has 0 aromatic heterocycles. The van der Waals surface area contributed by atoms with Crippen LogP contribution in [-0.2, 0) is 0 Å². The summed E-state index contributed by atoms with van der Waals surface area (Å²) < 4.78 is 0. The Bertz CT molecular complexity index is 454. The Labute approximate surface area is 125 Å². The number of hydrogen-bond acceptors (Lipinski definition) is 5. The second-order valence-corrected chi connectivity index (χ2v) is 6.20. The van der Waals surface area contributed by atoms with Crippen LogP contribution in [0.15, 0.2) is 24.3 Å². The lowest BCUT2D eigenvalue weighted by atomic mass is 9.85. The van der Waals surface area contributed by atoms with Crippen molar-refractivity contribution < 1.29 is 15.1 Å². The summed E-state index contributed by atoms with van der Waals surface area (Å²) in [7, 11) is 0. The molecule has 0 heterocycles. The molecule has 118 valence electrons. The van der Waals surface area contributed by atoms with Crippen molar-refractivity contribution in [3.05, 3.63) is 39.9 Å². The van der Waals surface area contributed by atoms with Gasteiger partial charge >= 0.3 is 0 Å². The molecule has 0 fully saturated rings. The van der Waals surface area contributed by atoms with Crippen LogP contribution in [0.3, 0.4) is 0 Å². The molecule has 0 aliphatic rings. The highest BCUT2D eigenvalue weighted by Gasteiger charge is 2.24. The van der Waals surface area contributed by atoms with Crippen molar-refractivity contribution in [2.45, 2.75) is 39.3 Å². The second kappa shape index (κ2) is 7.49. The van der Waals surface area contributed by atoms with Crippen LogP contribution in [0.4, 0.5) is 5.69 Å². The number of hydrogen-bond donors (Lipinski definition) is 3. The number of aliphatic hydroxyl groups excluding tert-OH is 2. The molecule has 1 aromatic rings. The Balaban J connectivity index is 2.63. The summed E-state index contributed by atoms with van der Waals surface area (Å²) >= 11 is 0. The zero-order valence-electron chi connectivity index (χ0n) is 12.7. The third-order valence-electron chi connectivity index (χ3n) is 3.51. The predicted octanol–water partition coefficient (Wildman–Crippen LogP) is 2.01. The number of benzene rings is 1. The van der Waals surface area contributed by atoms with E-state index in [0.717, 1.165) is 0 Å². The normalized spacial score (nSPS) is 14.7. The van der Waals surface area contributed by atoms with Crippen molar-refractivity contribution in [3.8, 4) is 0 Å². The lowest BCUT2D eigenvalue weighted by Gasteiger charge is -2.32. The van der Waals surface area contributed by atoms with E-state index in [0.29, 0.717) is 18.5 Å². The van der Waals surface area contributed by atoms with Gasteiger partial charge in [0.1, 0.15) is 0 Å². The van der Waals surface area contributed by atoms with Crippen LogP contribution in [0, 0.1) is 15.5 Å². The summed E-state index contributed by atoms with van der Waals surface area (Å²) in [6, 6.07) is 5.96. The van der Waals surface area contributed by atoms with Gasteiger partial charge in [-0.1, -0.05) is 20.8 Å². The Morgan fingerprint density at radius 1 is 1.29 bits per heavy atom. The largest absolute Gasteiger partial charge is 0.396 e. The van der Waals surface area contributed by atoms with Gasteiger partial charge in [0.2, 0.25) is 0 Å². The number of nitro benzene ring substituents is 1. The number of non-ortho nitro benzene ring substituents is 1. The van der Waals surface area contributed by atoms with Gasteiger partial charge < -0.3 is 15.5 Å². The average molecular weight is 296 g/mol. The van der Waals surface area contributed by atoms with E-state index in [1.807, 2.05) is 0 Å². The van der Waals surface area contributed by atoms with Gasteiger partial charge in [0.05, 0.1) is 11.0 Å². The first-order valence-corrected chi connectivity index (χ1v) is 7.02. The van der Waals surface area contributed by atoms with Crippen molar-refractivity contribution in [3.63, 3.8) is 0 Å². The summed E-state index contributed by atoms with van der Waals surface area (Å²) in [5.41, 5.74) is 0.606. The Kier molecular flexibility index (Phi) is 6.26. The fourth-order valence-electron chi connectivity index (χ4n) is 2.16. The van der Waals surface area contributed by atoms with Gasteiger partial charge in [0.25, 0.3) is 5.69 Å². The monoisotopic (exact) mass is 296 g/mol. The second-order valence-electron chi connectivity index (χ2n) is 6.20. The highest BCUT2D eigenvalue weighted by molar-refractivity contribution is 5.33. The maximum atomic E-state index is 10.6. The van der Waals surface area contributed by atoms with Crippen LogP contribution in [-0.4, -0.2) is 34.3 Å². The first kappa shape index (κ1) is 17.6. The summed E-state index contributed by atoms with van der Waals surface area (Å²) in [6.45, 7) is 6.62. The number of nitro groups is 1. The minimum atomic E-state index is -0.741. The lowest BCUT2D eigenvalue weighted by Crippen LogP contribution is -2.42. The predicted molar refractivity (Wildman–Crippen MR) is 81.0 cm³/mol. The van der Waals surface area contributed by atoms with Crippen molar-refractivity contribution in [1.82, 2.24) is 5.32 Å². The van der Waals surface area contributed by atoms with Crippen LogP contribution in [0.1, 0.15) is 38.9 Å². The van der Waals surface area contributed by atoms with E-state index in [-0.39, 0.29) is 23.8 Å². The molecule has 2 unspecified atom stereocenters. The van der Waals surface area contributed by atoms with E-state index in [2.05, 4.69) is 26.1 Å². The molecule has 0 saturated heterocycles. The molecule has 0 spiro atoms. The molecule has 0 saturated carbocycles. The van der Waals surface area contributed by atoms with Crippen LogP contribution >= 0.6 is 0 Å². The fraction of sp³-hybridized carbons (Fsp3) is 0.600. The van der Waals surface area contributed by atoms with Crippen molar-refractivity contribution in [1.29, 1.82) is 0 Å². The Hall–Kier alpha value is -1.50. The van der Waals surface area contributed by atoms with Gasteiger partial charge in [-0.25, -0.2) is 0 Å². The SMILES string of the molecule is CC(C)(C)C(CCO)NCC(O)c1ccc([N+](=O)[O-])cc1. The molecule has 0 radical (unpaired) electrons. The van der Waals surface area contributed by atoms with Gasteiger partial charge in [-0.2, -0.15) is 0 Å². The molecule has 0 aliphatic carbocycles. The standard InChI is InChI=1S/C15H24N2O4/c1-15(2,3)14(8-9-18)16-10-13(19)11-4-6-12(7-5-11)17(20)21/h4-7,13-14,16,18-19H,8-10H2,1-3H3. The van der Waals surface area contributed by atoms with Crippen molar-refractivity contribution >= 4 is 5.69 Å². The molecule has 0 amide bonds. The maximum absolute atomic E-state index is 10.6. The number of nitrogens with zero attached hydrogens (tertiary/aromatic N) is 1. The molecule has 0 bridgehead atoms. The van der Waals surface area contributed by atoms with Gasteiger partial charge in [-0.15, -0.1) is 0 Å². The topological polar surface area (TPSA) is 95.6 Å². The summed E-state index contributed by atoms with van der Waals surface area (Å²) in [4.78, 5) is 10.1. The quantitative estimate of drug-likeness (QED) is 0.528. The van der Waals surface area contributed by atoms with Gasteiger partial charge in [0.15, 0.2) is 0 Å². The van der Waals surface area contributed by atoms with Crippen LogP contribution < -0.4 is 5.32 Å². The molecule has 6 heteroatoms. The van der Waals surface area contributed by atoms with Gasteiger partial charge in [0, 0.05) is 31.3 Å². The van der Waals surface area contributed by atoms with Crippen LogP contribution in [0.2, 0.25) is 0 Å². The van der Waals surface area contributed by atoms with Crippen molar-refractivity contribution in [2.75, 3.05) is 13.2 Å². The average Bonchev–Trinajstić information content (AvgIpc) is 2.42. The lowest BCUT2D eigenvalue weighted by molar-refractivity contribution is -0.384. The molecule has 6 nitrogen and oxygen atoms in total. The summed E-state index contributed by atoms with van der Waals surface area (Å²) in [5, 5.41) is 33.1. The van der Waals surface area contributed by atoms with E-state index < -0.39 is 11.0 Å². The number of aliphatic hydroxyl groups is 2. The van der Waals surface area contributed by atoms with Crippen LogP contribution in [0.25, 0.3) is 0 Å². The zero-order valence-corrected chi connectivity index (χ0v) is 12.7. The smallest absolute Gasteiger partial charge is 0.269 e. The number of rotatable bonds is 7. The van der Waals surface area contributed by atoms with E-state index in [4.69, 9.17) is 5.11 Å². The minimum absolute atomic E-state index is 0.00626. The highest BCUT2D eigenvalue weighted by atomic mass is 16.6. The molecule has 2 atom stereocenters. The zero-order chi connectivity index (χ0) is 16.0. The van der Waals surface area contributed by atoms with E-state index in [1.54, 1.807) is 12.1 Å². The molecule has 3 N–H and O–H groups in total. The molecule has 21 heavy (non-hydrogen) atoms. The summed E-state index contributed by atoms with van der Waals surface area (Å²) in [6.07, 6.45) is -0.134. The molecular weight excluding hydrogens is 272 g/mol. The Morgan fingerprint density at radius 3 is 2.29 bits per heavy atom. The Morgan fingerprint density at radius 2 is 1.86 bits per heavy atom. The van der Waals surface area contributed by atoms with Gasteiger partial charge in [-0.05, 0) is 29.5 Å². The molecule has 1 rings (SSSR count). The molecule has 0 aliphatic heterocycles. The van der Waals surface area contributed by atoms with Crippen molar-refractivity contribution in [2.24, 2.45) is 5.41 Å². The van der Waals surface area contributed by atoms with E-state index in [1.165, 1.54) is 12.1 Å². The highest BCUT2D eigenvalue weighted by Crippen LogP contribution is 2.23.